The van der Waals surface area contributed by atoms with Crippen LogP contribution in [0.2, 0.25) is 0 Å². The minimum Gasteiger partial charge on any atom is -0.354 e. The largest absolute Gasteiger partial charge is 0.354 e. The molecule has 0 saturated carbocycles. The number of fused-ring (bicyclic) bond motifs is 1. The van der Waals surface area contributed by atoms with Crippen molar-refractivity contribution in [2.24, 2.45) is 14.1 Å². The molecule has 0 atom stereocenters. The van der Waals surface area contributed by atoms with Gasteiger partial charge >= 0.3 is 0 Å². The van der Waals surface area contributed by atoms with Gasteiger partial charge in [-0.2, -0.15) is 10.1 Å². The quantitative estimate of drug-likeness (QED) is 0.514. The van der Waals surface area contributed by atoms with E-state index in [2.05, 4.69) is 66.3 Å². The van der Waals surface area contributed by atoms with E-state index in [1.807, 2.05) is 35.7 Å². The lowest BCUT2D eigenvalue weighted by molar-refractivity contribution is 0.589. The highest BCUT2D eigenvalue weighted by Gasteiger charge is 2.17. The van der Waals surface area contributed by atoms with E-state index in [1.165, 1.54) is 22.3 Å². The van der Waals surface area contributed by atoms with E-state index in [0.717, 1.165) is 36.2 Å². The average Bonchev–Trinajstić information content (AvgIpc) is 3.28. The van der Waals surface area contributed by atoms with Crippen LogP contribution in [0.4, 0.5) is 5.95 Å². The van der Waals surface area contributed by atoms with E-state index in [4.69, 9.17) is 4.98 Å². The molecule has 3 aromatic heterocycles. The van der Waals surface area contributed by atoms with E-state index >= 15 is 0 Å². The molecule has 0 aliphatic rings. The molecule has 162 valence electrons. The Labute approximate surface area is 183 Å². The van der Waals surface area contributed by atoms with Gasteiger partial charge in [0.25, 0.3) is 0 Å². The predicted octanol–water partition coefficient (Wildman–Crippen LogP) is 3.95. The van der Waals surface area contributed by atoms with Gasteiger partial charge in [0.05, 0.1) is 18.2 Å². The first-order valence-electron chi connectivity index (χ1n) is 10.7. The molecule has 0 aliphatic carbocycles. The standard InChI is InChI=1S/C24H31N7/c1-16-7-8-19(24(2,3)4)11-18(16)12-20-21-22(26-15-30(21)5)29-23(28-20)25-10-9-17-13-27-31(6)14-17/h7-8,11,13-15H,9-10,12H2,1-6H3,(H,25,28,29). The molecule has 4 rings (SSSR count). The molecule has 0 radical (unpaired) electrons. The maximum Gasteiger partial charge on any atom is 0.225 e. The van der Waals surface area contributed by atoms with E-state index < -0.39 is 0 Å². The minimum absolute atomic E-state index is 0.106. The van der Waals surface area contributed by atoms with E-state index in [0.29, 0.717) is 5.95 Å². The average molecular weight is 418 g/mol. The highest BCUT2D eigenvalue weighted by atomic mass is 15.2. The molecule has 0 aliphatic heterocycles. The van der Waals surface area contributed by atoms with Crippen LogP contribution in [0.1, 0.15) is 48.7 Å². The maximum atomic E-state index is 4.89. The summed E-state index contributed by atoms with van der Waals surface area (Å²) in [6, 6.07) is 6.75. The normalized spacial score (nSPS) is 11.9. The summed E-state index contributed by atoms with van der Waals surface area (Å²) in [6.45, 7) is 9.64. The molecule has 4 aromatic rings. The van der Waals surface area contributed by atoms with Crippen molar-refractivity contribution < 1.29 is 0 Å². The summed E-state index contributed by atoms with van der Waals surface area (Å²) in [5.41, 5.74) is 7.88. The predicted molar refractivity (Wildman–Crippen MR) is 124 cm³/mol. The van der Waals surface area contributed by atoms with Crippen molar-refractivity contribution in [2.75, 3.05) is 11.9 Å². The number of benzene rings is 1. The van der Waals surface area contributed by atoms with Gasteiger partial charge in [-0.3, -0.25) is 4.68 Å². The van der Waals surface area contributed by atoms with Crippen molar-refractivity contribution in [3.63, 3.8) is 0 Å². The Bertz CT molecular complexity index is 1210. The van der Waals surface area contributed by atoms with Gasteiger partial charge in [0.1, 0.15) is 5.52 Å². The topological polar surface area (TPSA) is 73.5 Å². The lowest BCUT2D eigenvalue weighted by Crippen LogP contribution is -2.13. The summed E-state index contributed by atoms with van der Waals surface area (Å²) in [5.74, 6) is 0.620. The summed E-state index contributed by atoms with van der Waals surface area (Å²) in [7, 11) is 3.92. The first-order valence-corrected chi connectivity index (χ1v) is 10.7. The van der Waals surface area contributed by atoms with Crippen LogP contribution in [0, 0.1) is 6.92 Å². The molecule has 7 heteroatoms. The van der Waals surface area contributed by atoms with Crippen LogP contribution in [0.3, 0.4) is 0 Å². The van der Waals surface area contributed by atoms with Gasteiger partial charge < -0.3 is 9.88 Å². The third-order valence-electron chi connectivity index (χ3n) is 5.67. The van der Waals surface area contributed by atoms with Gasteiger partial charge in [-0.15, -0.1) is 0 Å². The summed E-state index contributed by atoms with van der Waals surface area (Å²) < 4.78 is 3.82. The SMILES string of the molecule is Cc1ccc(C(C)(C)C)cc1Cc1nc(NCCc2cnn(C)c2)nc2ncn(C)c12. The number of anilines is 1. The molecule has 1 N–H and O–H groups in total. The van der Waals surface area contributed by atoms with Gasteiger partial charge in [0, 0.05) is 33.3 Å². The number of hydrogen-bond donors (Lipinski definition) is 1. The second kappa shape index (κ2) is 8.13. The maximum absolute atomic E-state index is 4.89. The number of aryl methyl sites for hydroxylation is 3. The zero-order chi connectivity index (χ0) is 22.2. The van der Waals surface area contributed by atoms with Crippen LogP contribution in [-0.4, -0.2) is 35.8 Å². The fourth-order valence-corrected chi connectivity index (χ4v) is 3.77. The van der Waals surface area contributed by atoms with Crippen molar-refractivity contribution in [1.29, 1.82) is 0 Å². The molecule has 0 fully saturated rings. The Hall–Kier alpha value is -3.22. The fraction of sp³-hybridized carbons (Fsp3) is 0.417. The molecule has 31 heavy (non-hydrogen) atoms. The Morgan fingerprint density at radius 3 is 2.61 bits per heavy atom. The first kappa shape index (κ1) is 21.0. The molecule has 3 heterocycles. The highest BCUT2D eigenvalue weighted by molar-refractivity contribution is 5.75. The van der Waals surface area contributed by atoms with Gasteiger partial charge in [0.2, 0.25) is 5.95 Å². The summed E-state index contributed by atoms with van der Waals surface area (Å²) >= 11 is 0. The monoisotopic (exact) mass is 417 g/mol. The first-order chi connectivity index (χ1) is 14.7. The number of nitrogens with one attached hydrogen (secondary N) is 1. The lowest BCUT2D eigenvalue weighted by atomic mass is 9.84. The second-order valence-corrected chi connectivity index (χ2v) is 9.29. The van der Waals surface area contributed by atoms with Crippen molar-refractivity contribution in [2.45, 2.75) is 46.0 Å². The van der Waals surface area contributed by atoms with Gasteiger partial charge in [-0.05, 0) is 41.0 Å². The van der Waals surface area contributed by atoms with Crippen molar-refractivity contribution in [3.05, 3.63) is 64.9 Å². The molecule has 0 amide bonds. The summed E-state index contributed by atoms with van der Waals surface area (Å²) in [5, 5.41) is 7.60. The highest BCUT2D eigenvalue weighted by Crippen LogP contribution is 2.27. The molecule has 1 aromatic carbocycles. The smallest absolute Gasteiger partial charge is 0.225 e. The Morgan fingerprint density at radius 2 is 1.90 bits per heavy atom. The van der Waals surface area contributed by atoms with Gasteiger partial charge in [0.15, 0.2) is 5.65 Å². The fourth-order valence-electron chi connectivity index (χ4n) is 3.77. The molecule has 0 spiro atoms. The Morgan fingerprint density at radius 1 is 1.10 bits per heavy atom. The Kier molecular flexibility index (Phi) is 5.52. The third-order valence-corrected chi connectivity index (χ3v) is 5.67. The van der Waals surface area contributed by atoms with E-state index in [-0.39, 0.29) is 5.41 Å². The molecule has 0 bridgehead atoms. The van der Waals surface area contributed by atoms with Gasteiger partial charge in [-0.25, -0.2) is 9.97 Å². The van der Waals surface area contributed by atoms with Crippen LogP contribution in [0.25, 0.3) is 11.2 Å². The van der Waals surface area contributed by atoms with Crippen LogP contribution < -0.4 is 5.32 Å². The molecular weight excluding hydrogens is 386 g/mol. The number of hydrogen-bond acceptors (Lipinski definition) is 5. The van der Waals surface area contributed by atoms with Crippen molar-refractivity contribution in [1.82, 2.24) is 29.3 Å². The number of nitrogens with zero attached hydrogens (tertiary/aromatic N) is 6. The Balaban J connectivity index is 1.63. The lowest BCUT2D eigenvalue weighted by Gasteiger charge is -2.21. The zero-order valence-electron chi connectivity index (χ0n) is 19.3. The second-order valence-electron chi connectivity index (χ2n) is 9.29. The van der Waals surface area contributed by atoms with Crippen molar-refractivity contribution in [3.8, 4) is 0 Å². The zero-order valence-corrected chi connectivity index (χ0v) is 19.3. The number of imidazole rings is 1. The van der Waals surface area contributed by atoms with Crippen molar-refractivity contribution >= 4 is 17.1 Å². The van der Waals surface area contributed by atoms with Crippen LogP contribution in [0.15, 0.2) is 36.9 Å². The van der Waals surface area contributed by atoms with E-state index in [1.54, 1.807) is 6.33 Å². The molecule has 0 saturated heterocycles. The third kappa shape index (κ3) is 4.60. The van der Waals surface area contributed by atoms with E-state index in [9.17, 15) is 0 Å². The minimum atomic E-state index is 0.106. The van der Waals surface area contributed by atoms with Gasteiger partial charge in [-0.1, -0.05) is 39.0 Å². The summed E-state index contributed by atoms with van der Waals surface area (Å²) in [6.07, 6.45) is 7.33. The van der Waals surface area contributed by atoms with Crippen LogP contribution >= 0.6 is 0 Å². The molecule has 7 nitrogen and oxygen atoms in total. The number of aromatic nitrogens is 6. The number of rotatable bonds is 6. The molecular formula is C24H31N7. The molecule has 0 unspecified atom stereocenters. The van der Waals surface area contributed by atoms with Crippen LogP contribution in [0.5, 0.6) is 0 Å². The van der Waals surface area contributed by atoms with Crippen LogP contribution in [-0.2, 0) is 32.4 Å². The summed E-state index contributed by atoms with van der Waals surface area (Å²) in [4.78, 5) is 14.0.